The molecule has 2 unspecified atom stereocenters. The van der Waals surface area contributed by atoms with Crippen molar-refractivity contribution in [2.45, 2.75) is 83.5 Å². The smallest absolute Gasteiger partial charge is 0.288 e. The fourth-order valence-electron chi connectivity index (χ4n) is 2.99. The van der Waals surface area contributed by atoms with E-state index in [1.54, 1.807) is 0 Å². The van der Waals surface area contributed by atoms with E-state index in [1.807, 2.05) is 0 Å². The molecule has 1 fully saturated rings. The first-order chi connectivity index (χ1) is 11.8. The largest absolute Gasteiger partial charge is 0.327 e. The minimum Gasteiger partial charge on any atom is -0.327 e. The van der Waals surface area contributed by atoms with Gasteiger partial charge in [-0.15, -0.1) is 0 Å². The molecule has 1 heterocycles. The number of rotatable bonds is 17. The molecule has 0 spiro atoms. The fraction of sp³-hybridized carbons (Fsp3) is 1.00. The van der Waals surface area contributed by atoms with Gasteiger partial charge in [-0.05, 0) is 43.6 Å². The van der Waals surface area contributed by atoms with Crippen molar-refractivity contribution in [3.05, 3.63) is 0 Å². The van der Waals surface area contributed by atoms with E-state index in [0.29, 0.717) is 5.92 Å². The summed E-state index contributed by atoms with van der Waals surface area (Å²) in [5.74, 6) is 1.54. The zero-order chi connectivity index (χ0) is 17.5. The zero-order valence-corrected chi connectivity index (χ0v) is 17.3. The average molecular weight is 379 g/mol. The fourth-order valence-corrected chi connectivity index (χ4v) is 3.43. The van der Waals surface area contributed by atoms with Crippen LogP contribution in [0.3, 0.4) is 0 Å². The molecule has 1 rings (SSSR count). The second-order valence-corrected chi connectivity index (χ2v) is 7.62. The highest BCUT2D eigenvalue weighted by Crippen LogP contribution is 2.39. The van der Waals surface area contributed by atoms with Crippen LogP contribution in [0.1, 0.15) is 77.6 Å². The Kier molecular flexibility index (Phi) is 13.9. The molecule has 5 heteroatoms. The summed E-state index contributed by atoms with van der Waals surface area (Å²) in [6.07, 6.45) is 12.9. The molecule has 0 aliphatic carbocycles. The van der Waals surface area contributed by atoms with Crippen molar-refractivity contribution in [2.75, 3.05) is 31.3 Å². The maximum absolute atomic E-state index is 6.11. The first-order valence-corrected chi connectivity index (χ1v) is 11.2. The number of unbranched alkanes of at least 4 members (excludes halogenated alkanes) is 7. The highest BCUT2D eigenvalue weighted by atomic mass is 32.1. The number of hydrogen-bond donors (Lipinski definition) is 2. The van der Waals surface area contributed by atoms with E-state index >= 15 is 0 Å². The lowest BCUT2D eigenvalue weighted by atomic mass is 9.95. The van der Waals surface area contributed by atoms with Gasteiger partial charge in [0, 0.05) is 0 Å². The zero-order valence-electron chi connectivity index (χ0n) is 15.5. The summed E-state index contributed by atoms with van der Waals surface area (Å²) in [6.45, 7) is 4.46. The molecule has 0 saturated carbocycles. The van der Waals surface area contributed by atoms with Crippen LogP contribution < -0.4 is 0 Å². The Labute approximate surface area is 160 Å². The van der Waals surface area contributed by atoms with E-state index < -0.39 is 5.97 Å². The summed E-state index contributed by atoms with van der Waals surface area (Å²) < 4.78 is 18.0. The van der Waals surface area contributed by atoms with Crippen molar-refractivity contribution in [1.29, 1.82) is 0 Å². The molecule has 2 atom stereocenters. The van der Waals surface area contributed by atoms with Gasteiger partial charge in [-0.25, -0.2) is 0 Å². The van der Waals surface area contributed by atoms with Crippen LogP contribution in [0.25, 0.3) is 0 Å². The number of ether oxygens (including phenoxy) is 3. The normalized spacial score (nSPS) is 23.4. The molecule has 3 nitrogen and oxygen atoms in total. The average Bonchev–Trinajstić information content (AvgIpc) is 2.58. The predicted octanol–water partition coefficient (Wildman–Crippen LogP) is 5.49. The summed E-state index contributed by atoms with van der Waals surface area (Å²) in [7, 11) is 0. The van der Waals surface area contributed by atoms with E-state index in [2.05, 4.69) is 32.2 Å². The minimum absolute atomic E-state index is 0.376. The van der Waals surface area contributed by atoms with Gasteiger partial charge in [0.25, 0.3) is 5.97 Å². The molecule has 0 aromatic heterocycles. The van der Waals surface area contributed by atoms with Gasteiger partial charge >= 0.3 is 0 Å². The second kappa shape index (κ2) is 14.7. The second-order valence-electron chi connectivity index (χ2n) is 6.73. The first-order valence-electron chi connectivity index (χ1n) is 9.92. The Hall–Kier alpha value is 0.580. The van der Waals surface area contributed by atoms with E-state index in [1.165, 1.54) is 44.9 Å². The van der Waals surface area contributed by atoms with Gasteiger partial charge in [-0.2, -0.15) is 25.3 Å². The Morgan fingerprint density at radius 3 is 1.96 bits per heavy atom. The van der Waals surface area contributed by atoms with Crippen molar-refractivity contribution in [1.82, 2.24) is 0 Å². The third-order valence-electron chi connectivity index (χ3n) is 4.60. The lowest BCUT2D eigenvalue weighted by molar-refractivity contribution is -0.468. The summed E-state index contributed by atoms with van der Waals surface area (Å²) in [6, 6.07) is 0. The Morgan fingerprint density at radius 1 is 0.833 bits per heavy atom. The molecule has 0 bridgehead atoms. The molecule has 0 N–H and O–H groups in total. The van der Waals surface area contributed by atoms with Gasteiger partial charge in [-0.1, -0.05) is 45.4 Å². The van der Waals surface area contributed by atoms with Gasteiger partial charge in [0.05, 0.1) is 25.7 Å². The van der Waals surface area contributed by atoms with Crippen molar-refractivity contribution < 1.29 is 14.2 Å². The van der Waals surface area contributed by atoms with Gasteiger partial charge in [-0.3, -0.25) is 0 Å². The molecule has 0 aromatic carbocycles. The maximum atomic E-state index is 6.11. The van der Waals surface area contributed by atoms with Gasteiger partial charge < -0.3 is 14.2 Å². The van der Waals surface area contributed by atoms with Crippen molar-refractivity contribution in [3.63, 3.8) is 0 Å². The Bertz CT molecular complexity index is 292. The molecule has 24 heavy (non-hydrogen) atoms. The van der Waals surface area contributed by atoms with Crippen LogP contribution in [-0.4, -0.2) is 37.3 Å². The third kappa shape index (κ3) is 8.79. The van der Waals surface area contributed by atoms with E-state index in [0.717, 1.165) is 57.0 Å². The topological polar surface area (TPSA) is 27.7 Å². The molecule has 0 amide bonds. The number of hydrogen-bond acceptors (Lipinski definition) is 5. The van der Waals surface area contributed by atoms with E-state index in [4.69, 9.17) is 14.2 Å². The summed E-state index contributed by atoms with van der Waals surface area (Å²) in [5.41, 5.74) is 0. The highest BCUT2D eigenvalue weighted by molar-refractivity contribution is 7.80. The van der Waals surface area contributed by atoms with Crippen molar-refractivity contribution in [2.24, 2.45) is 5.92 Å². The molecule has 1 saturated heterocycles. The molecular weight excluding hydrogens is 340 g/mol. The number of thiol groups is 2. The molecule has 1 aliphatic rings. The van der Waals surface area contributed by atoms with Crippen LogP contribution in [0.5, 0.6) is 0 Å². The van der Waals surface area contributed by atoms with E-state index in [9.17, 15) is 0 Å². The maximum Gasteiger partial charge on any atom is 0.288 e. The van der Waals surface area contributed by atoms with Crippen LogP contribution >= 0.6 is 25.3 Å². The molecule has 144 valence electrons. The van der Waals surface area contributed by atoms with Crippen LogP contribution in [0, 0.1) is 5.92 Å². The highest BCUT2D eigenvalue weighted by Gasteiger charge is 2.51. The molecule has 0 radical (unpaired) electrons. The molecule has 1 aliphatic heterocycles. The van der Waals surface area contributed by atoms with Crippen LogP contribution in [0.15, 0.2) is 0 Å². The summed E-state index contributed by atoms with van der Waals surface area (Å²) in [4.78, 5) is 0. The first kappa shape index (κ1) is 22.6. The minimum atomic E-state index is -0.758. The SMILES string of the molecule is CCCCCCOC1(OCCCCCCS)OCC1CCCCS. The lowest BCUT2D eigenvalue weighted by Gasteiger charge is -2.47. The summed E-state index contributed by atoms with van der Waals surface area (Å²) in [5, 5.41) is 0. The van der Waals surface area contributed by atoms with Gasteiger partial charge in [0.1, 0.15) is 0 Å². The van der Waals surface area contributed by atoms with Crippen molar-refractivity contribution >= 4 is 25.3 Å². The van der Waals surface area contributed by atoms with E-state index in [-0.39, 0.29) is 0 Å². The van der Waals surface area contributed by atoms with Crippen LogP contribution in [0.2, 0.25) is 0 Å². The molecular formula is C19H38O3S2. The molecule has 0 aromatic rings. The van der Waals surface area contributed by atoms with Gasteiger partial charge in [0.2, 0.25) is 0 Å². The predicted molar refractivity (Wildman–Crippen MR) is 108 cm³/mol. The van der Waals surface area contributed by atoms with Crippen LogP contribution in [-0.2, 0) is 14.2 Å². The third-order valence-corrected chi connectivity index (χ3v) is 5.24. The lowest BCUT2D eigenvalue weighted by Crippen LogP contribution is -2.57. The Morgan fingerprint density at radius 2 is 1.42 bits per heavy atom. The van der Waals surface area contributed by atoms with Gasteiger partial charge in [0.15, 0.2) is 0 Å². The van der Waals surface area contributed by atoms with Crippen LogP contribution in [0.4, 0.5) is 0 Å². The van der Waals surface area contributed by atoms with Crippen molar-refractivity contribution in [3.8, 4) is 0 Å². The Balaban J connectivity index is 2.32. The quantitative estimate of drug-likeness (QED) is 0.199. The monoisotopic (exact) mass is 378 g/mol. The standard InChI is InChI=1S/C19H38O3S2/c1-2-3-4-8-13-20-19(21-14-9-5-6-10-15-23)18(17-22-19)12-7-11-16-24/h18,23-24H,2-17H2,1H3. The summed E-state index contributed by atoms with van der Waals surface area (Å²) >= 11 is 8.55.